The van der Waals surface area contributed by atoms with Crippen molar-refractivity contribution in [1.29, 1.82) is 0 Å². The molecule has 0 bridgehead atoms. The van der Waals surface area contributed by atoms with Crippen LogP contribution in [0.15, 0.2) is 296 Å². The molecule has 1 heterocycles. The third-order valence-corrected chi connectivity index (χ3v) is 14.1. The van der Waals surface area contributed by atoms with Crippen LogP contribution in [0.25, 0.3) is 88.3 Å². The molecule has 3 nitrogen and oxygen atoms in total. The van der Waals surface area contributed by atoms with Crippen molar-refractivity contribution in [3.05, 3.63) is 291 Å². The average Bonchev–Trinajstić information content (AvgIpc) is 3.86. The molecule has 0 saturated heterocycles. The van der Waals surface area contributed by atoms with Crippen molar-refractivity contribution >= 4 is 66.8 Å². The molecule has 0 aliphatic carbocycles. The zero-order chi connectivity index (χ0) is 48.5. The van der Waals surface area contributed by atoms with E-state index >= 15 is 0 Å². The van der Waals surface area contributed by atoms with Gasteiger partial charge in [-0.1, -0.05) is 231 Å². The Morgan fingerprint density at radius 1 is 0.233 bits per heavy atom. The third kappa shape index (κ3) is 8.19. The van der Waals surface area contributed by atoms with E-state index in [1.165, 1.54) is 33.0 Å². The van der Waals surface area contributed by atoms with Crippen molar-refractivity contribution in [3.63, 3.8) is 0 Å². The molecule has 12 aromatic carbocycles. The second-order valence-corrected chi connectivity index (χ2v) is 18.4. The Morgan fingerprint density at radius 2 is 0.685 bits per heavy atom. The van der Waals surface area contributed by atoms with Crippen molar-refractivity contribution in [2.75, 3.05) is 9.80 Å². The number of para-hydroxylation sites is 5. The molecule has 0 unspecified atom stereocenters. The molecular weight excluding hydrogens is 885 g/mol. The molecule has 0 aliphatic heterocycles. The number of nitrogens with zero attached hydrogens (tertiary/aromatic N) is 2. The molecule has 73 heavy (non-hydrogen) atoms. The van der Waals surface area contributed by atoms with Crippen LogP contribution in [0.4, 0.5) is 34.1 Å². The Bertz CT molecular complexity index is 4080. The molecule has 13 rings (SSSR count). The quantitative estimate of drug-likeness (QED) is 0.129. The molecule has 13 aromatic rings. The van der Waals surface area contributed by atoms with Gasteiger partial charge in [-0.3, -0.25) is 0 Å². The molecule has 0 fully saturated rings. The summed E-state index contributed by atoms with van der Waals surface area (Å²) in [7, 11) is 0. The standard InChI is InChI=1S/C70H48N2O/c1-3-19-49(20-4-1)51-37-39-52(40-38-51)53-43-45-58(46-44-53)71(59-26-17-25-56(48-59)57-42-41-50-21-7-8-24-55(50)47-57)66-33-14-10-28-61(66)62-29-11-15-34-67(62)72(65-32-13-9-27-60(65)54-22-5-2-6-23-54)68-35-18-31-64-63-30-12-16-36-69(63)73-70(64)68/h1-48H. The Labute approximate surface area is 425 Å². The van der Waals surface area contributed by atoms with Crippen molar-refractivity contribution in [2.24, 2.45) is 0 Å². The van der Waals surface area contributed by atoms with Crippen LogP contribution in [0.3, 0.4) is 0 Å². The predicted molar refractivity (Wildman–Crippen MR) is 308 cm³/mol. The molecule has 0 spiro atoms. The van der Waals surface area contributed by atoms with E-state index in [2.05, 4.69) is 295 Å². The van der Waals surface area contributed by atoms with Crippen molar-refractivity contribution in [1.82, 2.24) is 0 Å². The van der Waals surface area contributed by atoms with Gasteiger partial charge >= 0.3 is 0 Å². The minimum absolute atomic E-state index is 0.830. The van der Waals surface area contributed by atoms with Crippen LogP contribution in [0.2, 0.25) is 0 Å². The summed E-state index contributed by atoms with van der Waals surface area (Å²) in [6, 6.07) is 105. The molecule has 3 heteroatoms. The smallest absolute Gasteiger partial charge is 0.159 e. The van der Waals surface area contributed by atoms with Crippen molar-refractivity contribution in [2.45, 2.75) is 0 Å². The minimum Gasteiger partial charge on any atom is -0.454 e. The van der Waals surface area contributed by atoms with Gasteiger partial charge in [0.1, 0.15) is 5.58 Å². The Hall–Kier alpha value is -9.70. The fourth-order valence-corrected chi connectivity index (χ4v) is 10.5. The highest BCUT2D eigenvalue weighted by Gasteiger charge is 2.26. The van der Waals surface area contributed by atoms with Gasteiger partial charge in [0.05, 0.1) is 22.7 Å². The maximum atomic E-state index is 6.87. The van der Waals surface area contributed by atoms with Crippen LogP contribution in [0.5, 0.6) is 0 Å². The van der Waals surface area contributed by atoms with E-state index in [1.54, 1.807) is 0 Å². The van der Waals surface area contributed by atoms with E-state index in [9.17, 15) is 0 Å². The lowest BCUT2D eigenvalue weighted by Crippen LogP contribution is -2.14. The van der Waals surface area contributed by atoms with E-state index in [0.717, 1.165) is 89.4 Å². The lowest BCUT2D eigenvalue weighted by molar-refractivity contribution is 0.669. The van der Waals surface area contributed by atoms with Gasteiger partial charge in [0, 0.05) is 38.8 Å². The fraction of sp³-hybridized carbons (Fsp3) is 0. The number of anilines is 6. The molecule has 0 N–H and O–H groups in total. The molecule has 0 aliphatic rings. The topological polar surface area (TPSA) is 19.6 Å². The van der Waals surface area contributed by atoms with Gasteiger partial charge in [-0.15, -0.1) is 0 Å². The first-order valence-electron chi connectivity index (χ1n) is 24.9. The first-order valence-corrected chi connectivity index (χ1v) is 24.9. The summed E-state index contributed by atoms with van der Waals surface area (Å²) in [5.74, 6) is 0. The average molecular weight is 933 g/mol. The Morgan fingerprint density at radius 3 is 1.38 bits per heavy atom. The fourth-order valence-electron chi connectivity index (χ4n) is 10.5. The van der Waals surface area contributed by atoms with Crippen molar-refractivity contribution < 1.29 is 4.42 Å². The Balaban J connectivity index is 0.997. The zero-order valence-corrected chi connectivity index (χ0v) is 40.0. The summed E-state index contributed by atoms with van der Waals surface area (Å²) in [6.45, 7) is 0. The highest BCUT2D eigenvalue weighted by atomic mass is 16.3. The molecule has 1 aromatic heterocycles. The van der Waals surface area contributed by atoms with Crippen LogP contribution in [-0.2, 0) is 0 Å². The third-order valence-electron chi connectivity index (χ3n) is 14.1. The van der Waals surface area contributed by atoms with Gasteiger partial charge in [0.2, 0.25) is 0 Å². The minimum atomic E-state index is 0.830. The van der Waals surface area contributed by atoms with Crippen LogP contribution < -0.4 is 9.80 Å². The Kier molecular flexibility index (Phi) is 11.2. The van der Waals surface area contributed by atoms with E-state index in [-0.39, 0.29) is 0 Å². The number of benzene rings is 12. The van der Waals surface area contributed by atoms with Crippen molar-refractivity contribution in [3.8, 4) is 55.6 Å². The second-order valence-electron chi connectivity index (χ2n) is 18.4. The molecule has 0 radical (unpaired) electrons. The summed E-state index contributed by atoms with van der Waals surface area (Å²) >= 11 is 0. The maximum absolute atomic E-state index is 6.87. The predicted octanol–water partition coefficient (Wildman–Crippen LogP) is 20.0. The normalized spacial score (nSPS) is 11.3. The van der Waals surface area contributed by atoms with Crippen LogP contribution in [-0.4, -0.2) is 0 Å². The molecule has 0 atom stereocenters. The summed E-state index contributed by atoms with van der Waals surface area (Å²) in [4.78, 5) is 4.82. The van der Waals surface area contributed by atoms with Crippen LogP contribution in [0.1, 0.15) is 0 Å². The van der Waals surface area contributed by atoms with Crippen LogP contribution in [0, 0.1) is 0 Å². The van der Waals surface area contributed by atoms with Gasteiger partial charge in [0.25, 0.3) is 0 Å². The number of rotatable bonds is 11. The van der Waals surface area contributed by atoms with E-state index < -0.39 is 0 Å². The molecular formula is C70H48N2O. The van der Waals surface area contributed by atoms with E-state index in [1.807, 2.05) is 6.07 Å². The number of hydrogen-bond donors (Lipinski definition) is 0. The first-order chi connectivity index (χ1) is 36.2. The SMILES string of the molecule is c1ccc(-c2ccc(-c3ccc(N(c4cccc(-c5ccc6ccccc6c5)c4)c4ccccc4-c4ccccc4N(c4ccccc4-c4ccccc4)c4cccc5c4oc4ccccc45)cc3)cc2)cc1. The number of furan rings is 1. The molecule has 0 amide bonds. The monoisotopic (exact) mass is 932 g/mol. The summed E-state index contributed by atoms with van der Waals surface area (Å²) in [5, 5.41) is 4.60. The van der Waals surface area contributed by atoms with Gasteiger partial charge in [-0.25, -0.2) is 0 Å². The summed E-state index contributed by atoms with van der Waals surface area (Å²) < 4.78 is 6.87. The lowest BCUT2D eigenvalue weighted by Gasteiger charge is -2.32. The van der Waals surface area contributed by atoms with Crippen LogP contribution >= 0.6 is 0 Å². The second kappa shape index (κ2) is 18.9. The van der Waals surface area contributed by atoms with Gasteiger partial charge < -0.3 is 14.2 Å². The molecule has 344 valence electrons. The highest BCUT2D eigenvalue weighted by molar-refractivity contribution is 6.11. The van der Waals surface area contributed by atoms with Gasteiger partial charge in [0.15, 0.2) is 5.58 Å². The summed E-state index contributed by atoms with van der Waals surface area (Å²) in [6.07, 6.45) is 0. The maximum Gasteiger partial charge on any atom is 0.159 e. The number of hydrogen-bond acceptors (Lipinski definition) is 3. The largest absolute Gasteiger partial charge is 0.454 e. The van der Waals surface area contributed by atoms with Gasteiger partial charge in [-0.2, -0.15) is 0 Å². The first kappa shape index (κ1) is 43.3. The zero-order valence-electron chi connectivity index (χ0n) is 40.0. The van der Waals surface area contributed by atoms with E-state index in [4.69, 9.17) is 4.42 Å². The molecule has 0 saturated carbocycles. The number of fused-ring (bicyclic) bond motifs is 4. The highest BCUT2D eigenvalue weighted by Crippen LogP contribution is 2.50. The summed E-state index contributed by atoms with van der Waals surface area (Å²) in [5.41, 5.74) is 19.3. The lowest BCUT2D eigenvalue weighted by atomic mass is 9.96. The van der Waals surface area contributed by atoms with Gasteiger partial charge in [-0.05, 0) is 110 Å². The van der Waals surface area contributed by atoms with E-state index in [0.29, 0.717) is 0 Å².